The minimum absolute atomic E-state index is 0.0312. The number of carbonyl (C=O) groups excluding carboxylic acids is 4. The lowest BCUT2D eigenvalue weighted by Crippen LogP contribution is -2.64. The third kappa shape index (κ3) is 12.6. The number of phenolic OH excluding ortho intramolecular Hbond substituents is 1. The molecule has 254 valence electrons. The normalized spacial score (nSPS) is 14.1. The maximum absolute atomic E-state index is 13.9. The molecule has 2 radical (unpaired) electrons. The van der Waals surface area contributed by atoms with E-state index in [1.807, 2.05) is 0 Å². The molecule has 2 aromatic carbocycles. The van der Waals surface area contributed by atoms with Crippen LogP contribution in [0.5, 0.6) is 5.75 Å². The van der Waals surface area contributed by atoms with Crippen molar-refractivity contribution in [1.82, 2.24) is 16.0 Å². The van der Waals surface area contributed by atoms with Crippen molar-refractivity contribution in [2.45, 2.75) is 82.4 Å². The number of aryl methyl sites for hydroxylation is 2. The zero-order chi connectivity index (χ0) is 35.1. The molecule has 0 aromatic heterocycles. The van der Waals surface area contributed by atoms with E-state index in [1.54, 1.807) is 56.3 Å². The van der Waals surface area contributed by atoms with Gasteiger partial charge in [0.25, 0.3) is 0 Å². The predicted molar refractivity (Wildman–Crippen MR) is 182 cm³/mol. The predicted octanol–water partition coefficient (Wildman–Crippen LogP) is -1.26. The molecule has 47 heavy (non-hydrogen) atoms. The Morgan fingerprint density at radius 1 is 0.894 bits per heavy atom. The molecule has 0 aliphatic rings. The summed E-state index contributed by atoms with van der Waals surface area (Å²) >= 11 is 0. The van der Waals surface area contributed by atoms with Gasteiger partial charge in [0.15, 0.2) is 5.96 Å². The minimum Gasteiger partial charge on any atom is -0.508 e. The molecule has 0 saturated heterocycles. The van der Waals surface area contributed by atoms with E-state index in [1.165, 1.54) is 0 Å². The van der Waals surface area contributed by atoms with Crippen molar-refractivity contribution in [3.8, 4) is 5.75 Å². The van der Waals surface area contributed by atoms with E-state index in [0.717, 1.165) is 0 Å². The Bertz CT molecular complexity index is 1380. The Morgan fingerprint density at radius 2 is 1.51 bits per heavy atom. The first kappa shape index (κ1) is 38.6. The minimum atomic E-state index is -1.95. The highest BCUT2D eigenvalue weighted by Crippen LogP contribution is 2.22. The SMILES string of the molecule is [B][C@@](Cc1ccccc1)(NC(=O)[C@H](CCCCN)NC(=O)[C@H](Cc1c(C)cc(O)cc1C)NC(=O)[C@H](N)CCCN=C(N)N)C(N)=O. The quantitative estimate of drug-likeness (QED) is 0.0380. The molecule has 4 atom stereocenters. The Hall–Kier alpha value is -4.63. The van der Waals surface area contributed by atoms with Crippen molar-refractivity contribution < 1.29 is 24.3 Å². The zero-order valence-corrected chi connectivity index (χ0v) is 27.1. The third-order valence-corrected chi connectivity index (χ3v) is 7.72. The number of hydrogen-bond donors (Lipinski definition) is 9. The summed E-state index contributed by atoms with van der Waals surface area (Å²) in [4.78, 5) is 57.0. The number of amides is 4. The van der Waals surface area contributed by atoms with Crippen LogP contribution in [0.15, 0.2) is 47.5 Å². The maximum atomic E-state index is 13.9. The van der Waals surface area contributed by atoms with Crippen LogP contribution in [-0.4, -0.2) is 79.2 Å². The summed E-state index contributed by atoms with van der Waals surface area (Å²) < 4.78 is 0. The van der Waals surface area contributed by atoms with Crippen LogP contribution in [0, 0.1) is 13.8 Å². The third-order valence-electron chi connectivity index (χ3n) is 7.72. The number of nitrogens with two attached hydrogens (primary N) is 5. The summed E-state index contributed by atoms with van der Waals surface area (Å²) in [5.74, 6) is -2.97. The number of hydrogen-bond acceptors (Lipinski definition) is 8. The van der Waals surface area contributed by atoms with Crippen molar-refractivity contribution in [2.75, 3.05) is 13.1 Å². The van der Waals surface area contributed by atoms with Gasteiger partial charge < -0.3 is 49.7 Å². The number of aliphatic imine (C=N–C) groups is 1. The number of nitrogens with one attached hydrogen (secondary N) is 3. The Balaban J connectivity index is 2.34. The lowest BCUT2D eigenvalue weighted by atomic mass is 9.72. The van der Waals surface area contributed by atoms with Gasteiger partial charge in [0.05, 0.1) is 11.5 Å². The molecule has 0 fully saturated rings. The molecule has 0 aliphatic carbocycles. The van der Waals surface area contributed by atoms with Gasteiger partial charge in [-0.2, -0.15) is 0 Å². The van der Waals surface area contributed by atoms with Gasteiger partial charge in [0, 0.05) is 13.0 Å². The fraction of sp³-hybridized carbons (Fsp3) is 0.469. The molecule has 0 bridgehead atoms. The second-order valence-electron chi connectivity index (χ2n) is 11.7. The average Bonchev–Trinajstić information content (AvgIpc) is 2.99. The molecule has 0 unspecified atom stereocenters. The molecule has 0 aliphatic heterocycles. The van der Waals surface area contributed by atoms with E-state index < -0.39 is 47.2 Å². The molecule has 14 N–H and O–H groups in total. The number of primary amides is 1. The molecule has 2 aromatic rings. The molecule has 0 heterocycles. The first-order valence-electron chi connectivity index (χ1n) is 15.5. The van der Waals surface area contributed by atoms with E-state index in [0.29, 0.717) is 48.1 Å². The fourth-order valence-electron chi connectivity index (χ4n) is 5.09. The van der Waals surface area contributed by atoms with Gasteiger partial charge in [-0.05, 0) is 93.3 Å². The lowest BCUT2D eigenvalue weighted by molar-refractivity contribution is -0.134. The number of rotatable bonds is 19. The van der Waals surface area contributed by atoms with Crippen molar-refractivity contribution in [2.24, 2.45) is 33.7 Å². The van der Waals surface area contributed by atoms with Crippen LogP contribution in [0.1, 0.15) is 54.4 Å². The van der Waals surface area contributed by atoms with Gasteiger partial charge in [0.2, 0.25) is 23.6 Å². The summed E-state index contributed by atoms with van der Waals surface area (Å²) in [5, 5.41) is 18.0. The second-order valence-corrected chi connectivity index (χ2v) is 11.7. The Labute approximate surface area is 277 Å². The van der Waals surface area contributed by atoms with Crippen molar-refractivity contribution in [3.05, 3.63) is 64.7 Å². The number of unbranched alkanes of at least 4 members (excludes halogenated alkanes) is 1. The van der Waals surface area contributed by atoms with Crippen LogP contribution in [-0.2, 0) is 32.0 Å². The van der Waals surface area contributed by atoms with Gasteiger partial charge in [0.1, 0.15) is 25.7 Å². The first-order valence-corrected chi connectivity index (χ1v) is 15.5. The maximum Gasteiger partial charge on any atom is 0.243 e. The van der Waals surface area contributed by atoms with Crippen molar-refractivity contribution in [1.29, 1.82) is 0 Å². The highest BCUT2D eigenvalue weighted by atomic mass is 16.3. The highest BCUT2D eigenvalue weighted by molar-refractivity contribution is 6.29. The van der Waals surface area contributed by atoms with Gasteiger partial charge in [-0.15, -0.1) is 0 Å². The standard InChI is InChI=1S/C32H48BN9O5/c1-19-15-22(43)16-20(2)23(19)17-26(41-27(44)24(35)11-8-14-39-31(37)38)28(45)40-25(12-6-7-13-34)29(46)42-32(33,30(36)47)18-21-9-4-3-5-10-21/h3-5,9-10,15-16,24-26,43H,6-8,11-14,17-18,34-35H2,1-2H3,(H2,36,47)(H,40,45)(H,41,44)(H,42,46)(H4,37,38,39)/t24-,25+,26+,32+/m1/s1. The summed E-state index contributed by atoms with van der Waals surface area (Å²) in [5.41, 5.74) is 28.9. The van der Waals surface area contributed by atoms with Crippen LogP contribution >= 0.6 is 0 Å². The van der Waals surface area contributed by atoms with Gasteiger partial charge in [-0.1, -0.05) is 30.3 Å². The number of nitrogens with zero attached hydrogens (tertiary/aromatic N) is 1. The summed E-state index contributed by atoms with van der Waals surface area (Å²) in [7, 11) is 6.32. The summed E-state index contributed by atoms with van der Waals surface area (Å²) in [6, 6.07) is 8.60. The van der Waals surface area contributed by atoms with Gasteiger partial charge >= 0.3 is 0 Å². The molecule has 0 saturated carbocycles. The van der Waals surface area contributed by atoms with Crippen LogP contribution in [0.3, 0.4) is 0 Å². The summed E-state index contributed by atoms with van der Waals surface area (Å²) in [6.07, 6.45) is 1.81. The first-order chi connectivity index (χ1) is 22.2. The fourth-order valence-corrected chi connectivity index (χ4v) is 5.09. The topological polar surface area (TPSA) is 267 Å². The van der Waals surface area contributed by atoms with Crippen LogP contribution < -0.4 is 44.6 Å². The molecular weight excluding hydrogens is 601 g/mol. The smallest absolute Gasteiger partial charge is 0.243 e. The van der Waals surface area contributed by atoms with Gasteiger partial charge in [-0.25, -0.2) is 0 Å². The van der Waals surface area contributed by atoms with E-state index in [9.17, 15) is 24.3 Å². The lowest BCUT2D eigenvalue weighted by Gasteiger charge is -2.31. The largest absolute Gasteiger partial charge is 0.508 e. The zero-order valence-electron chi connectivity index (χ0n) is 27.1. The number of carbonyl (C=O) groups is 4. The second kappa shape index (κ2) is 18.5. The van der Waals surface area contributed by atoms with E-state index in [-0.39, 0.29) is 43.9 Å². The molecule has 2 rings (SSSR count). The van der Waals surface area contributed by atoms with Crippen LogP contribution in [0.2, 0.25) is 0 Å². The van der Waals surface area contributed by atoms with Crippen LogP contribution in [0.4, 0.5) is 0 Å². The van der Waals surface area contributed by atoms with Gasteiger partial charge in [-0.3, -0.25) is 24.2 Å². The van der Waals surface area contributed by atoms with Crippen LogP contribution in [0.25, 0.3) is 0 Å². The number of aromatic hydroxyl groups is 1. The highest BCUT2D eigenvalue weighted by Gasteiger charge is 2.36. The number of guanidine groups is 1. The average molecular weight is 650 g/mol. The Morgan fingerprint density at radius 3 is 2.09 bits per heavy atom. The van der Waals surface area contributed by atoms with E-state index >= 15 is 0 Å². The monoisotopic (exact) mass is 649 g/mol. The van der Waals surface area contributed by atoms with E-state index in [2.05, 4.69) is 20.9 Å². The van der Waals surface area contributed by atoms with Crippen molar-refractivity contribution >= 4 is 37.4 Å². The number of benzene rings is 2. The molecule has 4 amide bonds. The number of phenols is 1. The molecule has 15 heteroatoms. The summed E-state index contributed by atoms with van der Waals surface area (Å²) in [6.45, 7) is 4.18. The Kier molecular flexibility index (Phi) is 15.2. The van der Waals surface area contributed by atoms with E-state index in [4.69, 9.17) is 36.5 Å². The molecular formula is C32H48BN9O5. The molecule has 14 nitrogen and oxygen atoms in total. The van der Waals surface area contributed by atoms with Crippen molar-refractivity contribution in [3.63, 3.8) is 0 Å². The molecule has 0 spiro atoms.